The number of rotatable bonds is 4. The van der Waals surface area contributed by atoms with Crippen molar-refractivity contribution in [1.82, 2.24) is 14.7 Å². The van der Waals surface area contributed by atoms with Crippen LogP contribution in [0.2, 0.25) is 0 Å². The summed E-state index contributed by atoms with van der Waals surface area (Å²) in [6, 6.07) is 5.36. The van der Waals surface area contributed by atoms with Crippen LogP contribution in [0.5, 0.6) is 0 Å². The summed E-state index contributed by atoms with van der Waals surface area (Å²) >= 11 is 1.08. The van der Waals surface area contributed by atoms with Crippen molar-refractivity contribution in [1.29, 1.82) is 0 Å². The van der Waals surface area contributed by atoms with Crippen LogP contribution >= 0.6 is 11.5 Å². The van der Waals surface area contributed by atoms with Crippen LogP contribution in [0, 0.1) is 5.82 Å². The number of carbonyl (C=O) groups is 1. The van der Waals surface area contributed by atoms with Gasteiger partial charge in [0.1, 0.15) is 11.6 Å². The number of nitrogens with one attached hydrogen (secondary N) is 2. The van der Waals surface area contributed by atoms with Gasteiger partial charge in [-0.25, -0.2) is 14.2 Å². The topological polar surface area (TPSA) is 87.1 Å². The Morgan fingerprint density at radius 2 is 2.09 bits per heavy atom. The lowest BCUT2D eigenvalue weighted by molar-refractivity contribution is 0.170. The Bertz CT molecular complexity index is 684. The molecule has 0 saturated heterocycles. The number of aliphatic hydroxyl groups is 1. The Balaban J connectivity index is 1.88. The Kier molecular flexibility index (Phi) is 5.27. The Morgan fingerprint density at radius 1 is 1.39 bits per heavy atom. The molecule has 8 heteroatoms. The molecule has 2 aromatic rings. The van der Waals surface area contributed by atoms with E-state index in [1.165, 1.54) is 18.2 Å². The molecule has 1 unspecified atom stereocenters. The Morgan fingerprint density at radius 3 is 2.70 bits per heavy atom. The first-order valence-corrected chi connectivity index (χ1v) is 7.86. The van der Waals surface area contributed by atoms with Gasteiger partial charge in [-0.2, -0.15) is 4.37 Å². The minimum atomic E-state index is -1.12. The number of hydrogen-bond acceptors (Lipinski definition) is 5. The van der Waals surface area contributed by atoms with Crippen molar-refractivity contribution in [2.24, 2.45) is 0 Å². The first-order chi connectivity index (χ1) is 10.8. The van der Waals surface area contributed by atoms with Crippen LogP contribution < -0.4 is 10.6 Å². The van der Waals surface area contributed by atoms with Crippen molar-refractivity contribution in [3.63, 3.8) is 0 Å². The monoisotopic (exact) mass is 338 g/mol. The van der Waals surface area contributed by atoms with Crippen molar-refractivity contribution in [2.45, 2.75) is 32.3 Å². The summed E-state index contributed by atoms with van der Waals surface area (Å²) in [5.41, 5.74) is -0.0627. The molecule has 0 aliphatic rings. The molecule has 1 aromatic heterocycles. The summed E-state index contributed by atoms with van der Waals surface area (Å²) in [6.07, 6.45) is -1.12. The average Bonchev–Trinajstić information content (AvgIpc) is 2.94. The summed E-state index contributed by atoms with van der Waals surface area (Å²) in [5, 5.41) is 15.3. The van der Waals surface area contributed by atoms with Gasteiger partial charge in [-0.15, -0.1) is 0 Å². The number of aromatic nitrogens is 2. The van der Waals surface area contributed by atoms with E-state index in [1.807, 2.05) is 20.8 Å². The lowest BCUT2D eigenvalue weighted by atomic mass is 9.96. The quantitative estimate of drug-likeness (QED) is 0.800. The number of benzene rings is 1. The van der Waals surface area contributed by atoms with Crippen molar-refractivity contribution >= 4 is 22.7 Å². The molecule has 0 radical (unpaired) electrons. The molecule has 0 aliphatic carbocycles. The molecule has 0 fully saturated rings. The summed E-state index contributed by atoms with van der Waals surface area (Å²) < 4.78 is 17.7. The molecule has 2 amide bonds. The molecule has 1 heterocycles. The van der Waals surface area contributed by atoms with E-state index in [0.29, 0.717) is 11.0 Å². The van der Waals surface area contributed by atoms with Gasteiger partial charge < -0.3 is 10.4 Å². The third-order valence-corrected chi connectivity index (χ3v) is 3.67. The standard InChI is InChI=1S/C15H19FN4O2S/c1-15(2,3)12-18-14(23-20-12)19-13(22)17-8-11(21)9-6-4-5-7-10(9)16/h4-7,11,21H,8H2,1-3H3,(H2,17,18,19,20,22). The molecule has 2 rings (SSSR count). The van der Waals surface area contributed by atoms with Gasteiger partial charge in [0, 0.05) is 29.1 Å². The van der Waals surface area contributed by atoms with E-state index in [-0.39, 0.29) is 17.5 Å². The molecule has 124 valence electrons. The van der Waals surface area contributed by atoms with E-state index < -0.39 is 18.0 Å². The zero-order valence-electron chi connectivity index (χ0n) is 13.1. The molecular formula is C15H19FN4O2S. The number of amides is 2. The number of carbonyl (C=O) groups excluding carboxylic acids is 1. The predicted molar refractivity (Wildman–Crippen MR) is 87.0 cm³/mol. The number of hydrogen-bond donors (Lipinski definition) is 3. The first-order valence-electron chi connectivity index (χ1n) is 7.09. The average molecular weight is 338 g/mol. The number of halogens is 1. The highest BCUT2D eigenvalue weighted by Gasteiger charge is 2.20. The maximum absolute atomic E-state index is 13.5. The molecule has 0 aliphatic heterocycles. The molecule has 0 bridgehead atoms. The zero-order valence-corrected chi connectivity index (χ0v) is 13.9. The van der Waals surface area contributed by atoms with Crippen LogP contribution in [-0.4, -0.2) is 27.0 Å². The number of urea groups is 1. The van der Waals surface area contributed by atoms with Crippen molar-refractivity contribution < 1.29 is 14.3 Å². The maximum atomic E-state index is 13.5. The van der Waals surface area contributed by atoms with Gasteiger partial charge in [-0.3, -0.25) is 5.32 Å². The van der Waals surface area contributed by atoms with Gasteiger partial charge in [-0.1, -0.05) is 39.0 Å². The minimum Gasteiger partial charge on any atom is -0.386 e. The van der Waals surface area contributed by atoms with E-state index >= 15 is 0 Å². The second-order valence-corrected chi connectivity index (χ2v) is 6.80. The molecule has 6 nitrogen and oxygen atoms in total. The summed E-state index contributed by atoms with van der Waals surface area (Å²) in [4.78, 5) is 16.0. The van der Waals surface area contributed by atoms with E-state index in [4.69, 9.17) is 0 Å². The van der Waals surface area contributed by atoms with Gasteiger partial charge in [-0.05, 0) is 6.07 Å². The molecule has 0 saturated carbocycles. The summed E-state index contributed by atoms with van der Waals surface area (Å²) in [7, 11) is 0. The van der Waals surface area contributed by atoms with Gasteiger partial charge in [0.25, 0.3) is 0 Å². The Hall–Kier alpha value is -2.06. The lowest BCUT2D eigenvalue weighted by Gasteiger charge is -2.13. The van der Waals surface area contributed by atoms with E-state index in [9.17, 15) is 14.3 Å². The van der Waals surface area contributed by atoms with Gasteiger partial charge >= 0.3 is 6.03 Å². The number of nitrogens with zero attached hydrogens (tertiary/aromatic N) is 2. The molecule has 1 aromatic carbocycles. The number of aliphatic hydroxyl groups excluding tert-OH is 1. The van der Waals surface area contributed by atoms with Crippen LogP contribution in [0.25, 0.3) is 0 Å². The number of anilines is 1. The smallest absolute Gasteiger partial charge is 0.321 e. The van der Waals surface area contributed by atoms with Crippen LogP contribution in [0.1, 0.15) is 38.3 Å². The molecule has 0 spiro atoms. The van der Waals surface area contributed by atoms with Crippen LogP contribution in [-0.2, 0) is 5.41 Å². The fourth-order valence-electron chi connectivity index (χ4n) is 1.76. The highest BCUT2D eigenvalue weighted by molar-refractivity contribution is 7.09. The second kappa shape index (κ2) is 7.01. The second-order valence-electron chi connectivity index (χ2n) is 6.05. The maximum Gasteiger partial charge on any atom is 0.321 e. The first kappa shape index (κ1) is 17.3. The van der Waals surface area contributed by atoms with E-state index in [2.05, 4.69) is 20.0 Å². The van der Waals surface area contributed by atoms with Crippen molar-refractivity contribution in [3.8, 4) is 0 Å². The largest absolute Gasteiger partial charge is 0.386 e. The Labute approximate surface area is 137 Å². The minimum absolute atomic E-state index is 0.113. The SMILES string of the molecule is CC(C)(C)c1nsc(NC(=O)NCC(O)c2ccccc2F)n1. The summed E-state index contributed by atoms with van der Waals surface area (Å²) in [5.74, 6) is 0.130. The predicted octanol–water partition coefficient (Wildman–Crippen LogP) is 2.83. The highest BCUT2D eigenvalue weighted by Crippen LogP contribution is 2.22. The lowest BCUT2D eigenvalue weighted by Crippen LogP contribution is -2.32. The van der Waals surface area contributed by atoms with Crippen molar-refractivity contribution in [2.75, 3.05) is 11.9 Å². The normalized spacial score (nSPS) is 12.7. The fourth-order valence-corrected chi connectivity index (χ4v) is 2.52. The van der Waals surface area contributed by atoms with Gasteiger partial charge in [0.05, 0.1) is 6.10 Å². The van der Waals surface area contributed by atoms with Crippen LogP contribution in [0.15, 0.2) is 24.3 Å². The molecule has 1 atom stereocenters. The third kappa shape index (κ3) is 4.70. The van der Waals surface area contributed by atoms with Gasteiger partial charge in [0.2, 0.25) is 5.13 Å². The van der Waals surface area contributed by atoms with Gasteiger partial charge in [0.15, 0.2) is 0 Å². The van der Waals surface area contributed by atoms with Crippen LogP contribution in [0.3, 0.4) is 0 Å². The molecule has 3 N–H and O–H groups in total. The van der Waals surface area contributed by atoms with E-state index in [0.717, 1.165) is 11.5 Å². The van der Waals surface area contributed by atoms with Crippen molar-refractivity contribution in [3.05, 3.63) is 41.5 Å². The zero-order chi connectivity index (χ0) is 17.0. The van der Waals surface area contributed by atoms with E-state index in [1.54, 1.807) is 6.07 Å². The van der Waals surface area contributed by atoms with Crippen LogP contribution in [0.4, 0.5) is 14.3 Å². The summed E-state index contributed by atoms with van der Waals surface area (Å²) in [6.45, 7) is 5.81. The highest BCUT2D eigenvalue weighted by atomic mass is 32.1. The molecular weight excluding hydrogens is 319 g/mol. The third-order valence-electron chi connectivity index (χ3n) is 3.04. The molecule has 23 heavy (non-hydrogen) atoms. The fraction of sp³-hybridized carbons (Fsp3) is 0.400.